The number of rotatable bonds is 5. The first-order chi connectivity index (χ1) is 9.85. The second kappa shape index (κ2) is 6.06. The van der Waals surface area contributed by atoms with Crippen molar-refractivity contribution < 1.29 is 0 Å². The van der Waals surface area contributed by atoms with Gasteiger partial charge in [0, 0.05) is 18.9 Å². The lowest BCUT2D eigenvalue weighted by atomic mass is 10.1. The minimum Gasteiger partial charge on any atom is -0.354 e. The topological polar surface area (TPSA) is 107 Å². The van der Waals surface area contributed by atoms with E-state index in [-0.39, 0.29) is 0 Å². The van der Waals surface area contributed by atoms with E-state index in [4.69, 9.17) is 5.84 Å². The predicted molar refractivity (Wildman–Crippen MR) is 78.7 cm³/mol. The molecule has 0 bridgehead atoms. The van der Waals surface area contributed by atoms with Crippen LogP contribution in [0, 0.1) is 5.92 Å². The van der Waals surface area contributed by atoms with Crippen molar-refractivity contribution >= 4 is 23.7 Å². The molecule has 2 aromatic heterocycles. The molecule has 3 heterocycles. The molecule has 1 saturated heterocycles. The highest BCUT2D eigenvalue weighted by Gasteiger charge is 2.16. The Hall–Kier alpha value is -1.87. The molecule has 0 saturated carbocycles. The first-order valence-corrected chi connectivity index (χ1v) is 7.53. The molecular weight excluding hydrogens is 276 g/mol. The van der Waals surface area contributed by atoms with Crippen LogP contribution in [0.4, 0.5) is 11.9 Å². The summed E-state index contributed by atoms with van der Waals surface area (Å²) in [6.45, 7) is 0.865. The van der Waals surface area contributed by atoms with Crippen molar-refractivity contribution in [1.29, 1.82) is 0 Å². The van der Waals surface area contributed by atoms with Gasteiger partial charge in [-0.15, -0.1) is 0 Å². The monoisotopic (exact) mass is 292 g/mol. The van der Waals surface area contributed by atoms with Gasteiger partial charge in [-0.3, -0.25) is 9.99 Å². The van der Waals surface area contributed by atoms with E-state index >= 15 is 0 Å². The average molecular weight is 292 g/mol. The van der Waals surface area contributed by atoms with Crippen molar-refractivity contribution in [3.05, 3.63) is 18.7 Å². The second-order valence-corrected chi connectivity index (χ2v) is 5.66. The van der Waals surface area contributed by atoms with Gasteiger partial charge in [-0.1, -0.05) is 0 Å². The minimum absolute atomic E-state index is 0.326. The van der Waals surface area contributed by atoms with Crippen LogP contribution in [0.2, 0.25) is 0 Å². The summed E-state index contributed by atoms with van der Waals surface area (Å²) in [5.74, 6) is 9.82. The lowest BCUT2D eigenvalue weighted by Gasteiger charge is -2.11. The summed E-state index contributed by atoms with van der Waals surface area (Å²) < 4.78 is 1.71. The summed E-state index contributed by atoms with van der Waals surface area (Å²) in [5, 5.41) is 3.26. The summed E-state index contributed by atoms with van der Waals surface area (Å²) in [7, 11) is 0. The molecule has 0 spiro atoms. The molecule has 9 heteroatoms. The van der Waals surface area contributed by atoms with Gasteiger partial charge < -0.3 is 5.32 Å². The number of imidazole rings is 1. The van der Waals surface area contributed by atoms with Crippen molar-refractivity contribution in [2.24, 2.45) is 11.8 Å². The van der Waals surface area contributed by atoms with Crippen molar-refractivity contribution in [2.75, 3.05) is 28.8 Å². The summed E-state index contributed by atoms with van der Waals surface area (Å²) >= 11 is 1.99. The van der Waals surface area contributed by atoms with Gasteiger partial charge in [-0.2, -0.15) is 26.7 Å². The summed E-state index contributed by atoms with van der Waals surface area (Å²) in [5.41, 5.74) is 2.46. The molecule has 2 aromatic rings. The number of hydrogen-bond acceptors (Lipinski definition) is 8. The lowest BCUT2D eigenvalue weighted by Crippen LogP contribution is -2.18. The number of aromatic nitrogens is 5. The van der Waals surface area contributed by atoms with Gasteiger partial charge in [0.1, 0.15) is 6.33 Å². The Bertz CT molecular complexity index is 552. The maximum Gasteiger partial charge on any atom is 0.243 e. The molecule has 3 rings (SSSR count). The normalized spacial score (nSPS) is 18.1. The molecule has 0 amide bonds. The molecular formula is C11H16N8S. The van der Waals surface area contributed by atoms with Crippen LogP contribution in [0.1, 0.15) is 6.42 Å². The van der Waals surface area contributed by atoms with E-state index in [1.165, 1.54) is 17.9 Å². The van der Waals surface area contributed by atoms with Gasteiger partial charge in [0.2, 0.25) is 17.8 Å². The van der Waals surface area contributed by atoms with Crippen LogP contribution in [0.15, 0.2) is 18.7 Å². The molecule has 1 fully saturated rings. The molecule has 1 aliphatic heterocycles. The van der Waals surface area contributed by atoms with E-state index in [2.05, 4.69) is 30.7 Å². The van der Waals surface area contributed by atoms with E-state index in [0.717, 1.165) is 6.54 Å². The van der Waals surface area contributed by atoms with Crippen molar-refractivity contribution in [3.63, 3.8) is 0 Å². The van der Waals surface area contributed by atoms with Crippen LogP contribution >= 0.6 is 11.8 Å². The third-order valence-corrected chi connectivity index (χ3v) is 4.29. The Morgan fingerprint density at radius 2 is 2.25 bits per heavy atom. The highest BCUT2D eigenvalue weighted by atomic mass is 32.2. The average Bonchev–Trinajstić information content (AvgIpc) is 3.17. The number of hydrogen-bond donors (Lipinski definition) is 3. The van der Waals surface area contributed by atoms with Gasteiger partial charge in [0.15, 0.2) is 0 Å². The van der Waals surface area contributed by atoms with E-state index in [0.29, 0.717) is 23.8 Å². The molecule has 1 atom stereocenters. The highest BCUT2D eigenvalue weighted by Crippen LogP contribution is 2.23. The fourth-order valence-electron chi connectivity index (χ4n) is 1.98. The summed E-state index contributed by atoms with van der Waals surface area (Å²) in [6.07, 6.45) is 6.31. The molecule has 1 unspecified atom stereocenters. The van der Waals surface area contributed by atoms with Crippen LogP contribution in [0.25, 0.3) is 5.95 Å². The van der Waals surface area contributed by atoms with Crippen molar-refractivity contribution in [1.82, 2.24) is 24.5 Å². The zero-order chi connectivity index (χ0) is 13.8. The molecule has 0 radical (unpaired) electrons. The Labute approximate surface area is 120 Å². The summed E-state index contributed by atoms with van der Waals surface area (Å²) in [6, 6.07) is 0. The zero-order valence-corrected chi connectivity index (χ0v) is 11.7. The maximum atomic E-state index is 5.40. The minimum atomic E-state index is 0.326. The zero-order valence-electron chi connectivity index (χ0n) is 10.9. The first-order valence-electron chi connectivity index (χ1n) is 6.38. The fraction of sp³-hybridized carbons (Fsp3) is 0.455. The van der Waals surface area contributed by atoms with Crippen molar-refractivity contribution in [3.8, 4) is 5.95 Å². The first kappa shape index (κ1) is 13.1. The molecule has 0 aliphatic carbocycles. The largest absolute Gasteiger partial charge is 0.354 e. The number of hydrazine groups is 1. The van der Waals surface area contributed by atoms with Gasteiger partial charge in [0.05, 0.1) is 0 Å². The Kier molecular flexibility index (Phi) is 3.97. The maximum absolute atomic E-state index is 5.40. The number of nitrogens with one attached hydrogen (secondary N) is 2. The van der Waals surface area contributed by atoms with E-state index in [1.54, 1.807) is 23.3 Å². The van der Waals surface area contributed by atoms with Gasteiger partial charge in [-0.05, 0) is 23.8 Å². The molecule has 20 heavy (non-hydrogen) atoms. The Balaban J connectivity index is 1.77. The van der Waals surface area contributed by atoms with Crippen LogP contribution < -0.4 is 16.6 Å². The predicted octanol–water partition coefficient (Wildman–Crippen LogP) is 0.508. The molecule has 8 nitrogen and oxygen atoms in total. The van der Waals surface area contributed by atoms with Crippen LogP contribution in [-0.2, 0) is 0 Å². The number of anilines is 2. The fourth-order valence-corrected chi connectivity index (χ4v) is 3.27. The number of thioether (sulfide) groups is 1. The van der Waals surface area contributed by atoms with E-state index < -0.39 is 0 Å². The third-order valence-electron chi connectivity index (χ3n) is 3.06. The standard InChI is InChI=1S/C11H16N8S/c12-18-10-15-9(14-5-8-1-4-20-6-8)16-11(17-10)19-3-2-13-7-19/h2-3,7-8H,1,4-6,12H2,(H2,14,15,16,17,18). The van der Waals surface area contributed by atoms with Gasteiger partial charge in [0.25, 0.3) is 0 Å². The number of nitrogen functional groups attached to an aromatic ring is 1. The van der Waals surface area contributed by atoms with Crippen LogP contribution in [0.5, 0.6) is 0 Å². The second-order valence-electron chi connectivity index (χ2n) is 4.51. The van der Waals surface area contributed by atoms with E-state index in [1.807, 2.05) is 11.8 Å². The SMILES string of the molecule is NNc1nc(NCC2CCSC2)nc(-n2ccnc2)n1. The number of nitrogens with two attached hydrogens (primary N) is 1. The third kappa shape index (κ3) is 2.99. The molecule has 1 aliphatic rings. The molecule has 106 valence electrons. The number of nitrogens with zero attached hydrogens (tertiary/aromatic N) is 5. The van der Waals surface area contributed by atoms with Crippen molar-refractivity contribution in [2.45, 2.75) is 6.42 Å². The summed E-state index contributed by atoms with van der Waals surface area (Å²) in [4.78, 5) is 16.8. The molecule has 0 aromatic carbocycles. The Morgan fingerprint density at radius 1 is 1.35 bits per heavy atom. The highest BCUT2D eigenvalue weighted by molar-refractivity contribution is 7.99. The lowest BCUT2D eigenvalue weighted by molar-refractivity contribution is 0.628. The van der Waals surface area contributed by atoms with Crippen LogP contribution in [0.3, 0.4) is 0 Å². The van der Waals surface area contributed by atoms with E-state index in [9.17, 15) is 0 Å². The Morgan fingerprint density at radius 3 is 2.95 bits per heavy atom. The van der Waals surface area contributed by atoms with Gasteiger partial charge >= 0.3 is 0 Å². The van der Waals surface area contributed by atoms with Crippen LogP contribution in [-0.4, -0.2) is 42.6 Å². The smallest absolute Gasteiger partial charge is 0.243 e. The van der Waals surface area contributed by atoms with Gasteiger partial charge in [-0.25, -0.2) is 10.8 Å². The quantitative estimate of drug-likeness (QED) is 0.540. The molecule has 4 N–H and O–H groups in total.